The van der Waals surface area contributed by atoms with Gasteiger partial charge in [0.25, 0.3) is 0 Å². The van der Waals surface area contributed by atoms with Gasteiger partial charge in [-0.2, -0.15) is 5.10 Å². The number of nitro groups is 1. The molecule has 0 bridgehead atoms. The van der Waals surface area contributed by atoms with Gasteiger partial charge >= 0.3 is 5.69 Å². The summed E-state index contributed by atoms with van der Waals surface area (Å²) in [6.45, 7) is 0.470. The van der Waals surface area contributed by atoms with E-state index in [4.69, 9.17) is 4.74 Å². The molecule has 7 nitrogen and oxygen atoms in total. The Kier molecular flexibility index (Phi) is 4.36. The molecule has 1 N–H and O–H groups in total. The minimum Gasteiger partial charge on any atom is -0.490 e. The van der Waals surface area contributed by atoms with Crippen LogP contribution >= 0.6 is 0 Å². The maximum atomic E-state index is 13.8. The van der Waals surface area contributed by atoms with Crippen LogP contribution in [0.3, 0.4) is 0 Å². The summed E-state index contributed by atoms with van der Waals surface area (Å²) in [5, 5.41) is 17.7. The summed E-state index contributed by atoms with van der Waals surface area (Å²) >= 11 is 0. The number of hydrogen-bond acceptors (Lipinski definition) is 5. The summed E-state index contributed by atoms with van der Waals surface area (Å²) < 4.78 is 20.5. The molecular formula is C13H15FN4O3. The molecule has 8 heteroatoms. The Bertz CT molecular complexity index is 657. The van der Waals surface area contributed by atoms with Gasteiger partial charge in [-0.3, -0.25) is 14.8 Å². The maximum Gasteiger partial charge on any atom is 0.313 e. The van der Waals surface area contributed by atoms with Crippen molar-refractivity contribution in [3.8, 4) is 5.75 Å². The molecule has 0 aliphatic carbocycles. The fraction of sp³-hybridized carbons (Fsp3) is 0.308. The van der Waals surface area contributed by atoms with Gasteiger partial charge in [-0.1, -0.05) is 0 Å². The Balaban J connectivity index is 2.10. The van der Waals surface area contributed by atoms with E-state index in [1.807, 2.05) is 13.1 Å². The number of ether oxygens (including phenoxy) is 1. The maximum absolute atomic E-state index is 13.8. The van der Waals surface area contributed by atoms with Gasteiger partial charge in [0.2, 0.25) is 0 Å². The minimum absolute atomic E-state index is 0.0180. The smallest absolute Gasteiger partial charge is 0.313 e. The van der Waals surface area contributed by atoms with E-state index in [2.05, 4.69) is 10.4 Å². The normalized spacial score (nSPS) is 10.4. The third-order valence-electron chi connectivity index (χ3n) is 3.08. The van der Waals surface area contributed by atoms with Crippen molar-refractivity contribution in [2.24, 2.45) is 7.05 Å². The van der Waals surface area contributed by atoms with Crippen molar-refractivity contribution >= 4 is 11.4 Å². The number of benzene rings is 1. The quantitative estimate of drug-likeness (QED) is 0.652. The second kappa shape index (κ2) is 6.21. The SMILES string of the molecule is COc1cc(NCCc2ccnn2C)c(F)cc1[N+](=O)[O-]. The van der Waals surface area contributed by atoms with Gasteiger partial charge in [-0.05, 0) is 6.07 Å². The summed E-state index contributed by atoms with van der Waals surface area (Å²) in [5.41, 5.74) is 0.767. The molecule has 21 heavy (non-hydrogen) atoms. The molecule has 0 aliphatic rings. The molecule has 1 heterocycles. The lowest BCUT2D eigenvalue weighted by molar-refractivity contribution is -0.385. The lowest BCUT2D eigenvalue weighted by Crippen LogP contribution is -2.09. The Morgan fingerprint density at radius 2 is 2.29 bits per heavy atom. The van der Waals surface area contributed by atoms with E-state index in [0.717, 1.165) is 11.8 Å². The van der Waals surface area contributed by atoms with E-state index in [1.165, 1.54) is 13.2 Å². The predicted molar refractivity (Wildman–Crippen MR) is 75.0 cm³/mol. The number of anilines is 1. The molecule has 1 aromatic carbocycles. The van der Waals surface area contributed by atoms with Crippen molar-refractivity contribution < 1.29 is 14.1 Å². The molecule has 0 atom stereocenters. The van der Waals surface area contributed by atoms with Crippen LogP contribution in [0.5, 0.6) is 5.75 Å². The number of hydrogen-bond donors (Lipinski definition) is 1. The highest BCUT2D eigenvalue weighted by Gasteiger charge is 2.19. The average molecular weight is 294 g/mol. The fourth-order valence-electron chi connectivity index (χ4n) is 1.96. The Labute approximate surface area is 120 Å². The number of rotatable bonds is 6. The second-order valence-corrected chi connectivity index (χ2v) is 4.38. The molecule has 0 saturated heterocycles. The van der Waals surface area contributed by atoms with Crippen LogP contribution in [0.15, 0.2) is 24.4 Å². The van der Waals surface area contributed by atoms with Crippen molar-refractivity contribution in [2.45, 2.75) is 6.42 Å². The van der Waals surface area contributed by atoms with Gasteiger partial charge in [-0.15, -0.1) is 0 Å². The molecule has 0 amide bonds. The van der Waals surface area contributed by atoms with Gasteiger partial charge in [0.05, 0.1) is 23.8 Å². The summed E-state index contributed by atoms with van der Waals surface area (Å²) in [4.78, 5) is 10.1. The molecule has 1 aromatic heterocycles. The topological polar surface area (TPSA) is 82.2 Å². The molecule has 2 aromatic rings. The summed E-state index contributed by atoms with van der Waals surface area (Å²) in [7, 11) is 3.13. The summed E-state index contributed by atoms with van der Waals surface area (Å²) in [5.74, 6) is -0.670. The molecule has 0 saturated carbocycles. The zero-order valence-corrected chi connectivity index (χ0v) is 11.7. The van der Waals surface area contributed by atoms with Gasteiger partial charge in [0.1, 0.15) is 0 Å². The summed E-state index contributed by atoms with van der Waals surface area (Å²) in [6.07, 6.45) is 2.33. The zero-order valence-electron chi connectivity index (χ0n) is 11.7. The first-order valence-electron chi connectivity index (χ1n) is 6.25. The van der Waals surface area contributed by atoms with Crippen LogP contribution in [-0.4, -0.2) is 28.4 Å². The van der Waals surface area contributed by atoms with E-state index < -0.39 is 16.4 Å². The summed E-state index contributed by atoms with van der Waals surface area (Å²) in [6, 6.07) is 4.01. The number of methoxy groups -OCH3 is 1. The number of aromatic nitrogens is 2. The molecule has 112 valence electrons. The molecule has 0 radical (unpaired) electrons. The first-order valence-corrected chi connectivity index (χ1v) is 6.25. The third kappa shape index (κ3) is 3.28. The van der Waals surface area contributed by atoms with Gasteiger partial charge in [-0.25, -0.2) is 4.39 Å². The molecule has 0 fully saturated rings. The van der Waals surface area contributed by atoms with Gasteiger partial charge < -0.3 is 10.1 Å². The van der Waals surface area contributed by atoms with Crippen molar-refractivity contribution in [1.29, 1.82) is 0 Å². The van der Waals surface area contributed by atoms with Crippen LogP contribution in [0.2, 0.25) is 0 Å². The number of aryl methyl sites for hydroxylation is 1. The van der Waals surface area contributed by atoms with Crippen LogP contribution in [0.4, 0.5) is 15.8 Å². The molecular weight excluding hydrogens is 279 g/mol. The van der Waals surface area contributed by atoms with Gasteiger partial charge in [0, 0.05) is 38.0 Å². The van der Waals surface area contributed by atoms with Crippen molar-refractivity contribution in [3.05, 3.63) is 46.0 Å². The number of nitro benzene ring substituents is 1. The lowest BCUT2D eigenvalue weighted by atomic mass is 10.2. The Morgan fingerprint density at radius 3 is 2.86 bits per heavy atom. The van der Waals surface area contributed by atoms with E-state index >= 15 is 0 Å². The first kappa shape index (κ1) is 14.8. The van der Waals surface area contributed by atoms with E-state index in [0.29, 0.717) is 13.0 Å². The third-order valence-corrected chi connectivity index (χ3v) is 3.08. The van der Waals surface area contributed by atoms with Crippen LogP contribution < -0.4 is 10.1 Å². The monoisotopic (exact) mass is 294 g/mol. The van der Waals surface area contributed by atoms with Crippen LogP contribution in [0.1, 0.15) is 5.69 Å². The Morgan fingerprint density at radius 1 is 1.52 bits per heavy atom. The highest BCUT2D eigenvalue weighted by molar-refractivity contribution is 5.59. The number of nitrogens with zero attached hydrogens (tertiary/aromatic N) is 3. The second-order valence-electron chi connectivity index (χ2n) is 4.38. The van der Waals surface area contributed by atoms with Crippen LogP contribution in [-0.2, 0) is 13.5 Å². The molecule has 0 unspecified atom stereocenters. The largest absolute Gasteiger partial charge is 0.490 e. The molecule has 2 rings (SSSR count). The standard InChI is InChI=1S/C13H15FN4O3/c1-17-9(4-6-16-17)3-5-15-11-8-13(21-2)12(18(19)20)7-10(11)14/h4,6-8,15H,3,5H2,1-2H3. The first-order chi connectivity index (χ1) is 10.0. The predicted octanol–water partition coefficient (Wildman–Crippen LogP) is 2.13. The zero-order chi connectivity index (χ0) is 15.4. The minimum atomic E-state index is -0.687. The van der Waals surface area contributed by atoms with E-state index in [1.54, 1.807) is 10.9 Å². The van der Waals surface area contributed by atoms with Crippen molar-refractivity contribution in [3.63, 3.8) is 0 Å². The molecule has 0 aliphatic heterocycles. The fourth-order valence-corrected chi connectivity index (χ4v) is 1.96. The van der Waals surface area contributed by atoms with Gasteiger partial charge in [0.15, 0.2) is 11.6 Å². The van der Waals surface area contributed by atoms with Crippen LogP contribution in [0, 0.1) is 15.9 Å². The van der Waals surface area contributed by atoms with E-state index in [9.17, 15) is 14.5 Å². The highest BCUT2D eigenvalue weighted by atomic mass is 19.1. The van der Waals surface area contributed by atoms with E-state index in [-0.39, 0.29) is 11.4 Å². The average Bonchev–Trinajstić information content (AvgIpc) is 2.85. The highest BCUT2D eigenvalue weighted by Crippen LogP contribution is 2.32. The van der Waals surface area contributed by atoms with Crippen LogP contribution in [0.25, 0.3) is 0 Å². The number of halogens is 1. The molecule has 0 spiro atoms. The lowest BCUT2D eigenvalue weighted by Gasteiger charge is -2.10. The van der Waals surface area contributed by atoms with Crippen molar-refractivity contribution in [1.82, 2.24) is 9.78 Å². The van der Waals surface area contributed by atoms with Crippen molar-refractivity contribution in [2.75, 3.05) is 19.0 Å². The Hall–Kier alpha value is -2.64. The number of nitrogens with one attached hydrogen (secondary N) is 1.